The van der Waals surface area contributed by atoms with Crippen LogP contribution in [-0.4, -0.2) is 24.5 Å². The van der Waals surface area contributed by atoms with Crippen molar-refractivity contribution in [3.63, 3.8) is 0 Å². The monoisotopic (exact) mass is 473 g/mol. The smallest absolute Gasteiger partial charge is 0.283 e. The van der Waals surface area contributed by atoms with Crippen molar-refractivity contribution in [2.45, 2.75) is 4.90 Å². The van der Waals surface area contributed by atoms with Gasteiger partial charge in [-0.15, -0.1) is 0 Å². The number of carbonyl (C=O) groups excluding carboxylic acids is 1. The third-order valence-electron chi connectivity index (χ3n) is 4.60. The molecule has 0 bridgehead atoms. The minimum absolute atomic E-state index is 0.0148. The minimum Gasteiger partial charge on any atom is -0.869 e. The summed E-state index contributed by atoms with van der Waals surface area (Å²) in [6, 6.07) is 9.82. The van der Waals surface area contributed by atoms with E-state index in [0.717, 1.165) is 6.07 Å². The molecule has 0 radical (unpaired) electrons. The van der Waals surface area contributed by atoms with Crippen LogP contribution in [0.3, 0.4) is 0 Å². The Morgan fingerprint density at radius 3 is 2.45 bits per heavy atom. The highest BCUT2D eigenvalue weighted by molar-refractivity contribution is 7.90. The summed E-state index contributed by atoms with van der Waals surface area (Å²) in [6.45, 7) is 3.63. The van der Waals surface area contributed by atoms with E-state index in [1.54, 1.807) is 18.3 Å². The van der Waals surface area contributed by atoms with E-state index in [4.69, 9.17) is 23.2 Å². The molecule has 0 atom stereocenters. The average Bonchev–Trinajstić information content (AvgIpc) is 3.22. The van der Waals surface area contributed by atoms with Crippen LogP contribution in [0.4, 0.5) is 0 Å². The highest BCUT2D eigenvalue weighted by atomic mass is 35.5. The Bertz CT molecular complexity index is 1420. The molecule has 0 saturated heterocycles. The molecule has 1 aliphatic rings. The van der Waals surface area contributed by atoms with Crippen molar-refractivity contribution in [1.82, 2.24) is 4.57 Å². The van der Waals surface area contributed by atoms with E-state index in [1.165, 1.54) is 52.1 Å². The number of imidazole rings is 1. The number of fused-ring (bicyclic) bond motifs is 1. The van der Waals surface area contributed by atoms with Crippen LogP contribution in [0.2, 0.25) is 10.0 Å². The van der Waals surface area contributed by atoms with Crippen molar-refractivity contribution in [3.05, 3.63) is 88.9 Å². The number of hydrogen-bond acceptors (Lipinski definition) is 4. The summed E-state index contributed by atoms with van der Waals surface area (Å²) in [7, 11) is -4.39. The number of ketones is 1. The number of carbonyl (C=O) groups is 1. The van der Waals surface area contributed by atoms with Gasteiger partial charge >= 0.3 is 0 Å². The summed E-state index contributed by atoms with van der Waals surface area (Å²) in [4.78, 5) is 12.9. The van der Waals surface area contributed by atoms with Crippen LogP contribution >= 0.6 is 23.2 Å². The normalized spacial score (nSPS) is 15.3. The first-order valence-electron chi connectivity index (χ1n) is 8.80. The summed E-state index contributed by atoms with van der Waals surface area (Å²) < 4.78 is 32.6. The van der Waals surface area contributed by atoms with Gasteiger partial charge in [0.05, 0.1) is 21.1 Å². The van der Waals surface area contributed by atoms with Gasteiger partial charge in [0.25, 0.3) is 16.4 Å². The Kier molecular flexibility index (Phi) is 5.30. The fourth-order valence-electron chi connectivity index (χ4n) is 3.09. The fourth-order valence-corrected chi connectivity index (χ4v) is 4.48. The number of halogens is 2. The summed E-state index contributed by atoms with van der Waals surface area (Å²) in [6.07, 6.45) is 6.03. The second-order valence-corrected chi connectivity index (χ2v) is 8.91. The fraction of sp³-hybridized carbons (Fsp3) is 0. The van der Waals surface area contributed by atoms with Gasteiger partial charge in [0.1, 0.15) is 12.4 Å². The Balaban J connectivity index is 1.98. The molecule has 1 aliphatic carbocycles. The quantitative estimate of drug-likeness (QED) is 0.544. The summed E-state index contributed by atoms with van der Waals surface area (Å²) in [5.74, 6) is -1.22. The van der Waals surface area contributed by atoms with E-state index in [9.17, 15) is 18.3 Å². The minimum atomic E-state index is -4.39. The van der Waals surface area contributed by atoms with Crippen LogP contribution in [0.1, 0.15) is 15.9 Å². The Labute approximate surface area is 187 Å². The molecule has 31 heavy (non-hydrogen) atoms. The molecule has 0 unspecified atom stereocenters. The zero-order chi connectivity index (χ0) is 22.3. The molecule has 0 amide bonds. The van der Waals surface area contributed by atoms with Gasteiger partial charge in [0, 0.05) is 5.56 Å². The predicted molar refractivity (Wildman–Crippen MR) is 116 cm³/mol. The number of hydrogen-bond donors (Lipinski definition) is 0. The molecule has 156 valence electrons. The molecule has 3 aromatic rings. The number of aromatic nitrogens is 2. The zero-order valence-corrected chi connectivity index (χ0v) is 18.0. The second-order valence-electron chi connectivity index (χ2n) is 6.49. The Hall–Kier alpha value is -3.20. The van der Waals surface area contributed by atoms with Crippen LogP contribution in [0.15, 0.2) is 77.1 Å². The molecular weight excluding hydrogens is 461 g/mol. The number of allylic oxidation sites excluding steroid dienone is 1. The number of rotatable bonds is 4. The largest absolute Gasteiger partial charge is 0.869 e. The highest BCUT2D eigenvalue weighted by Gasteiger charge is 2.33. The van der Waals surface area contributed by atoms with Crippen molar-refractivity contribution in [2.75, 3.05) is 0 Å². The molecule has 0 spiro atoms. The predicted octanol–water partition coefficient (Wildman–Crippen LogP) is 2.90. The van der Waals surface area contributed by atoms with Crippen molar-refractivity contribution in [3.8, 4) is 0 Å². The van der Waals surface area contributed by atoms with Gasteiger partial charge in [0.15, 0.2) is 11.4 Å². The van der Waals surface area contributed by atoms with Crippen molar-refractivity contribution in [1.29, 1.82) is 0 Å². The number of nitrogens with zero attached hydrogens (tertiary/aromatic N) is 3. The first-order chi connectivity index (χ1) is 14.7. The molecule has 0 fully saturated rings. The summed E-state index contributed by atoms with van der Waals surface area (Å²) in [5, 5.41) is 13.4. The second kappa shape index (κ2) is 7.81. The standard InChI is InChI=1S/C21H13Cl2N3O4S/c1-2-25-9-10-26(12-25)19-18(20(27)14-5-3-4-6-15(14)21(19)28)24-31(29,30)13-7-8-16(22)17(23)11-13/h2-12H,1H2. The first-order valence-corrected chi connectivity index (χ1v) is 11.0. The van der Waals surface area contributed by atoms with Crippen LogP contribution in [0.5, 0.6) is 0 Å². The molecule has 0 N–H and O–H groups in total. The maximum Gasteiger partial charge on any atom is 0.283 e. The maximum atomic E-state index is 13.2. The lowest BCUT2D eigenvalue weighted by Crippen LogP contribution is -2.31. The van der Waals surface area contributed by atoms with E-state index in [2.05, 4.69) is 11.0 Å². The van der Waals surface area contributed by atoms with Gasteiger partial charge in [-0.3, -0.25) is 4.79 Å². The van der Waals surface area contributed by atoms with Gasteiger partial charge < -0.3 is 5.11 Å². The van der Waals surface area contributed by atoms with E-state index in [-0.39, 0.29) is 31.8 Å². The van der Waals surface area contributed by atoms with Gasteiger partial charge in [-0.1, -0.05) is 54.0 Å². The molecule has 0 saturated carbocycles. The summed E-state index contributed by atoms with van der Waals surface area (Å²) in [5.41, 5.74) is -0.454. The molecule has 7 nitrogen and oxygen atoms in total. The Morgan fingerprint density at radius 1 is 1.10 bits per heavy atom. The van der Waals surface area contributed by atoms with Gasteiger partial charge in [-0.25, -0.2) is 9.13 Å². The molecule has 0 aliphatic heterocycles. The molecule has 4 rings (SSSR count). The summed E-state index contributed by atoms with van der Waals surface area (Å²) >= 11 is 11.8. The number of Topliss-reactive ketones (excluding diaryl/α,β-unsaturated/α-hetero) is 1. The van der Waals surface area contributed by atoms with E-state index < -0.39 is 27.3 Å². The Morgan fingerprint density at radius 2 is 1.81 bits per heavy atom. The van der Waals surface area contributed by atoms with Crippen LogP contribution in [0.25, 0.3) is 17.7 Å². The lowest BCUT2D eigenvalue weighted by Gasteiger charge is -2.24. The van der Waals surface area contributed by atoms with Crippen molar-refractivity contribution in [2.24, 2.45) is 4.40 Å². The lowest BCUT2D eigenvalue weighted by atomic mass is 9.91. The van der Waals surface area contributed by atoms with Gasteiger partial charge in [-0.2, -0.15) is 12.8 Å². The molecule has 2 aromatic carbocycles. The lowest BCUT2D eigenvalue weighted by molar-refractivity contribution is -0.566. The third kappa shape index (κ3) is 3.69. The molecular formula is C21H13Cl2N3O4S. The molecule has 1 heterocycles. The van der Waals surface area contributed by atoms with Crippen molar-refractivity contribution >= 4 is 62.4 Å². The molecule has 1 aromatic heterocycles. The number of benzene rings is 2. The zero-order valence-electron chi connectivity index (χ0n) is 15.7. The van der Waals surface area contributed by atoms with Crippen LogP contribution < -0.4 is 9.67 Å². The van der Waals surface area contributed by atoms with E-state index in [0.29, 0.717) is 0 Å². The SMILES string of the molecule is C=C[n+]1ccn(C2=C([O-])c3ccccc3C(=O)/C2=N\S(=O)(=O)c2ccc(Cl)c(Cl)c2)c1. The van der Waals surface area contributed by atoms with Crippen LogP contribution in [-0.2, 0) is 10.0 Å². The van der Waals surface area contributed by atoms with E-state index >= 15 is 0 Å². The molecule has 10 heteroatoms. The maximum absolute atomic E-state index is 13.2. The van der Waals surface area contributed by atoms with Crippen LogP contribution in [0, 0.1) is 0 Å². The average molecular weight is 474 g/mol. The van der Waals surface area contributed by atoms with Crippen molar-refractivity contribution < 1.29 is 22.9 Å². The third-order valence-corrected chi connectivity index (χ3v) is 6.61. The van der Waals surface area contributed by atoms with E-state index in [1.807, 2.05) is 0 Å². The van der Waals surface area contributed by atoms with Gasteiger partial charge in [-0.05, 0) is 29.5 Å². The topological polar surface area (TPSA) is 95.4 Å². The highest BCUT2D eigenvalue weighted by Crippen LogP contribution is 2.31. The van der Waals surface area contributed by atoms with Gasteiger partial charge in [0.2, 0.25) is 5.78 Å². The first kappa shape index (κ1) is 21.0. The number of sulfonamides is 1.